The van der Waals surface area contributed by atoms with E-state index in [4.69, 9.17) is 10.5 Å². The molecule has 2 unspecified atom stereocenters. The van der Waals surface area contributed by atoms with Gasteiger partial charge in [-0.1, -0.05) is 45.4 Å². The highest BCUT2D eigenvalue weighted by atomic mass is 19.1. The summed E-state index contributed by atoms with van der Waals surface area (Å²) in [6, 6.07) is 3.37. The van der Waals surface area contributed by atoms with Gasteiger partial charge in [0.25, 0.3) is 0 Å². The van der Waals surface area contributed by atoms with E-state index in [0.29, 0.717) is 18.1 Å². The average molecular weight is 374 g/mol. The molecule has 0 spiro atoms. The highest BCUT2D eigenvalue weighted by molar-refractivity contribution is 5.75. The molecule has 2 N–H and O–H groups in total. The Morgan fingerprint density at radius 2 is 1.81 bits per heavy atom. The zero-order valence-corrected chi connectivity index (χ0v) is 16.4. The second-order valence-corrected chi connectivity index (χ2v) is 9.19. The first-order valence-electron chi connectivity index (χ1n) is 10.8. The number of carbonyl (C=O) groups is 1. The summed E-state index contributed by atoms with van der Waals surface area (Å²) >= 11 is 0. The van der Waals surface area contributed by atoms with E-state index >= 15 is 4.39 Å². The quantitative estimate of drug-likeness (QED) is 0.584. The molecule has 0 aromatic heterocycles. The van der Waals surface area contributed by atoms with E-state index in [2.05, 4.69) is 6.92 Å². The molecule has 0 heterocycles. The summed E-state index contributed by atoms with van der Waals surface area (Å²) in [5.74, 6) is 0.225. The van der Waals surface area contributed by atoms with Gasteiger partial charge in [0.2, 0.25) is 0 Å². The summed E-state index contributed by atoms with van der Waals surface area (Å²) in [5.41, 5.74) is 8.21. The predicted molar refractivity (Wildman–Crippen MR) is 104 cm³/mol. The van der Waals surface area contributed by atoms with Gasteiger partial charge in [0, 0.05) is 17.5 Å². The number of fused-ring (bicyclic) bond motifs is 4. The molecule has 3 atom stereocenters. The summed E-state index contributed by atoms with van der Waals surface area (Å²) in [7, 11) is 0. The minimum Gasteiger partial charge on any atom is -0.426 e. The Morgan fingerprint density at radius 3 is 2.59 bits per heavy atom. The number of carbonyl (C=O) groups excluding carboxylic acids is 1. The van der Waals surface area contributed by atoms with E-state index in [-0.39, 0.29) is 29.2 Å². The van der Waals surface area contributed by atoms with Gasteiger partial charge >= 0.3 is 5.97 Å². The Balaban J connectivity index is 1.65. The topological polar surface area (TPSA) is 52.3 Å². The zero-order chi connectivity index (χ0) is 19.0. The normalized spacial score (nSPS) is 31.5. The molecule has 4 heteroatoms. The fraction of sp³-hybridized carbons (Fsp3) is 0.696. The molecule has 0 aliphatic heterocycles. The van der Waals surface area contributed by atoms with Crippen LogP contribution in [0.3, 0.4) is 0 Å². The largest absolute Gasteiger partial charge is 0.426 e. The van der Waals surface area contributed by atoms with Gasteiger partial charge in [0.1, 0.15) is 11.6 Å². The standard InChI is InChI=1S/C23H32FNO2/c1-23-11-7-3-6-10-16(21(23)25)12-18-19(23)13-17(14-20(18)24)27-22(26)15-8-4-2-5-9-15/h13-16,21H,2-12,25H2,1H3/t16-,21?,23?/m0/s1. The summed E-state index contributed by atoms with van der Waals surface area (Å²) < 4.78 is 20.7. The lowest BCUT2D eigenvalue weighted by Gasteiger charge is -2.47. The first-order valence-corrected chi connectivity index (χ1v) is 10.8. The second kappa shape index (κ2) is 7.54. The maximum atomic E-state index is 15.0. The zero-order valence-electron chi connectivity index (χ0n) is 16.4. The number of hydrogen-bond acceptors (Lipinski definition) is 3. The van der Waals surface area contributed by atoms with Gasteiger partial charge in [-0.25, -0.2) is 4.39 Å². The summed E-state index contributed by atoms with van der Waals surface area (Å²) in [4.78, 5) is 12.5. The Bertz CT molecular complexity index is 713. The Morgan fingerprint density at radius 1 is 1.11 bits per heavy atom. The van der Waals surface area contributed by atoms with Crippen LogP contribution in [0.15, 0.2) is 12.1 Å². The van der Waals surface area contributed by atoms with E-state index in [1.165, 1.54) is 25.3 Å². The highest BCUT2D eigenvalue weighted by Crippen LogP contribution is 2.47. The monoisotopic (exact) mass is 373 g/mol. The van der Waals surface area contributed by atoms with Crippen molar-refractivity contribution in [3.8, 4) is 5.75 Å². The third-order valence-corrected chi connectivity index (χ3v) is 7.42. The highest BCUT2D eigenvalue weighted by Gasteiger charge is 2.45. The number of ether oxygens (including phenoxy) is 1. The lowest BCUT2D eigenvalue weighted by Crippen LogP contribution is -2.53. The van der Waals surface area contributed by atoms with Crippen LogP contribution in [0.2, 0.25) is 0 Å². The Labute approximate surface area is 161 Å². The molecule has 2 fully saturated rings. The fourth-order valence-corrected chi connectivity index (χ4v) is 5.67. The Hall–Kier alpha value is -1.42. The number of rotatable bonds is 2. The number of benzene rings is 1. The molecule has 4 rings (SSSR count). The van der Waals surface area contributed by atoms with Crippen LogP contribution >= 0.6 is 0 Å². The number of nitrogens with two attached hydrogens (primary N) is 1. The minimum absolute atomic E-state index is 0.0361. The van der Waals surface area contributed by atoms with Crippen LogP contribution < -0.4 is 10.5 Å². The van der Waals surface area contributed by atoms with Gasteiger partial charge in [-0.2, -0.15) is 0 Å². The maximum Gasteiger partial charge on any atom is 0.314 e. The number of hydrogen-bond donors (Lipinski definition) is 1. The molecule has 27 heavy (non-hydrogen) atoms. The predicted octanol–water partition coefficient (Wildman–Crippen LogP) is 5.03. The molecule has 0 amide bonds. The number of halogens is 1. The maximum absolute atomic E-state index is 15.0. The molecule has 3 aliphatic rings. The Kier molecular flexibility index (Phi) is 5.28. The third-order valence-electron chi connectivity index (χ3n) is 7.42. The molecule has 0 saturated heterocycles. The van der Waals surface area contributed by atoms with Gasteiger partial charge < -0.3 is 10.5 Å². The van der Waals surface area contributed by atoms with Crippen molar-refractivity contribution in [2.75, 3.05) is 0 Å². The van der Waals surface area contributed by atoms with E-state index < -0.39 is 0 Å². The minimum atomic E-state index is -0.243. The van der Waals surface area contributed by atoms with Gasteiger partial charge in [-0.05, 0) is 55.2 Å². The smallest absolute Gasteiger partial charge is 0.314 e. The van der Waals surface area contributed by atoms with Crippen LogP contribution in [0.4, 0.5) is 4.39 Å². The molecule has 2 saturated carbocycles. The van der Waals surface area contributed by atoms with Crippen LogP contribution in [-0.4, -0.2) is 12.0 Å². The van der Waals surface area contributed by atoms with Gasteiger partial charge in [0.15, 0.2) is 0 Å². The second-order valence-electron chi connectivity index (χ2n) is 9.19. The van der Waals surface area contributed by atoms with Crippen LogP contribution in [0.5, 0.6) is 5.75 Å². The lowest BCUT2D eigenvalue weighted by molar-refractivity contribution is -0.140. The first kappa shape index (κ1) is 18.9. The third kappa shape index (κ3) is 3.53. The van der Waals surface area contributed by atoms with Crippen LogP contribution in [0, 0.1) is 17.7 Å². The SMILES string of the molecule is CC12CCCCC[C@@H](Cc3c(F)cc(OC(=O)C4CCCCC4)cc31)C2N. The van der Waals surface area contributed by atoms with Gasteiger partial charge in [-0.3, -0.25) is 4.79 Å². The summed E-state index contributed by atoms with van der Waals surface area (Å²) in [6.07, 6.45) is 11.4. The molecular weight excluding hydrogens is 341 g/mol. The van der Waals surface area contributed by atoms with Gasteiger partial charge in [-0.15, -0.1) is 0 Å². The molecule has 3 nitrogen and oxygen atoms in total. The lowest BCUT2D eigenvalue weighted by atomic mass is 9.60. The molecular formula is C23H32FNO2. The van der Waals surface area contributed by atoms with Crippen molar-refractivity contribution in [2.24, 2.45) is 17.6 Å². The summed E-state index contributed by atoms with van der Waals surface area (Å²) in [6.45, 7) is 2.18. The summed E-state index contributed by atoms with van der Waals surface area (Å²) in [5, 5.41) is 0. The first-order chi connectivity index (χ1) is 13.0. The van der Waals surface area contributed by atoms with Crippen molar-refractivity contribution < 1.29 is 13.9 Å². The molecule has 148 valence electrons. The molecule has 2 bridgehead atoms. The van der Waals surface area contributed by atoms with Crippen molar-refractivity contribution in [3.63, 3.8) is 0 Å². The van der Waals surface area contributed by atoms with Crippen molar-refractivity contribution in [2.45, 2.75) is 89.0 Å². The van der Waals surface area contributed by atoms with E-state index in [0.717, 1.165) is 56.1 Å². The van der Waals surface area contributed by atoms with E-state index in [1.807, 2.05) is 6.07 Å². The van der Waals surface area contributed by atoms with E-state index in [9.17, 15) is 4.79 Å². The van der Waals surface area contributed by atoms with Crippen LogP contribution in [0.25, 0.3) is 0 Å². The van der Waals surface area contributed by atoms with Gasteiger partial charge in [0.05, 0.1) is 5.92 Å². The fourth-order valence-electron chi connectivity index (χ4n) is 5.67. The van der Waals surface area contributed by atoms with Crippen LogP contribution in [-0.2, 0) is 16.6 Å². The van der Waals surface area contributed by atoms with Crippen molar-refractivity contribution in [1.82, 2.24) is 0 Å². The molecule has 3 aliphatic carbocycles. The van der Waals surface area contributed by atoms with Crippen molar-refractivity contribution in [1.29, 1.82) is 0 Å². The number of esters is 1. The van der Waals surface area contributed by atoms with E-state index in [1.54, 1.807) is 0 Å². The van der Waals surface area contributed by atoms with Crippen molar-refractivity contribution in [3.05, 3.63) is 29.1 Å². The molecule has 1 aromatic carbocycles. The molecule has 1 aromatic rings. The molecule has 0 radical (unpaired) electrons. The van der Waals surface area contributed by atoms with Crippen molar-refractivity contribution >= 4 is 5.97 Å². The average Bonchev–Trinajstić information content (AvgIpc) is 2.66. The van der Waals surface area contributed by atoms with Crippen LogP contribution in [0.1, 0.15) is 82.3 Å².